The first-order valence-electron chi connectivity index (χ1n) is 8.52. The molecular formula is C19H18ClN5O3. The maximum atomic E-state index is 12.6. The maximum absolute atomic E-state index is 12.6. The Hall–Kier alpha value is -3.26. The molecular weight excluding hydrogens is 382 g/mol. The van der Waals surface area contributed by atoms with Gasteiger partial charge in [-0.1, -0.05) is 48.0 Å². The molecule has 1 N–H and O–H groups in total. The summed E-state index contributed by atoms with van der Waals surface area (Å²) in [6, 6.07) is 13.8. The van der Waals surface area contributed by atoms with E-state index in [4.69, 9.17) is 16.3 Å². The molecule has 0 saturated carbocycles. The zero-order valence-corrected chi connectivity index (χ0v) is 15.8. The Morgan fingerprint density at radius 1 is 1.18 bits per heavy atom. The summed E-state index contributed by atoms with van der Waals surface area (Å²) < 4.78 is 6.52. The molecule has 0 spiro atoms. The van der Waals surface area contributed by atoms with Crippen molar-refractivity contribution in [1.82, 2.24) is 20.2 Å². The first-order chi connectivity index (χ1) is 13.5. The molecule has 0 bridgehead atoms. The van der Waals surface area contributed by atoms with E-state index in [-0.39, 0.29) is 0 Å². The van der Waals surface area contributed by atoms with Gasteiger partial charge in [-0.3, -0.25) is 4.79 Å². The first-order valence-corrected chi connectivity index (χ1v) is 8.90. The van der Waals surface area contributed by atoms with Crippen molar-refractivity contribution in [2.24, 2.45) is 0 Å². The molecule has 0 aliphatic rings. The van der Waals surface area contributed by atoms with Crippen LogP contribution in [0.3, 0.4) is 0 Å². The van der Waals surface area contributed by atoms with Crippen molar-refractivity contribution < 1.29 is 14.3 Å². The van der Waals surface area contributed by atoms with Gasteiger partial charge in [0.25, 0.3) is 5.91 Å². The second kappa shape index (κ2) is 9.09. The van der Waals surface area contributed by atoms with Crippen molar-refractivity contribution in [2.45, 2.75) is 19.4 Å². The quantitative estimate of drug-likeness (QED) is 0.613. The fourth-order valence-corrected chi connectivity index (χ4v) is 2.77. The molecule has 0 saturated heterocycles. The van der Waals surface area contributed by atoms with E-state index >= 15 is 0 Å². The molecule has 144 valence electrons. The molecule has 9 heteroatoms. The number of nitrogens with one attached hydrogen (secondary N) is 1. The van der Waals surface area contributed by atoms with Gasteiger partial charge in [-0.05, 0) is 40.6 Å². The van der Waals surface area contributed by atoms with Crippen LogP contribution in [0.2, 0.25) is 5.02 Å². The SMILES string of the molecule is Cc1c(Cl)cccc1NC(=O)COC(=O)[C@H](Cc1ccccc1)n1cnnn1. The Labute approximate surface area is 166 Å². The summed E-state index contributed by atoms with van der Waals surface area (Å²) in [6.07, 6.45) is 1.67. The standard InChI is InChI=1S/C19H18ClN5O3/c1-13-15(20)8-5-9-16(13)22-18(26)11-28-19(27)17(25-12-21-23-24-25)10-14-6-3-2-4-7-14/h2-9,12,17H,10-11H2,1H3,(H,22,26)/t17-/m0/s1. The van der Waals surface area contributed by atoms with E-state index in [0.717, 1.165) is 11.1 Å². The fraction of sp³-hybridized carbons (Fsp3) is 0.211. The van der Waals surface area contributed by atoms with Gasteiger partial charge in [0.05, 0.1) is 0 Å². The monoisotopic (exact) mass is 399 g/mol. The van der Waals surface area contributed by atoms with Gasteiger partial charge >= 0.3 is 5.97 Å². The number of halogens is 1. The number of esters is 1. The number of benzene rings is 2. The minimum Gasteiger partial charge on any atom is -0.454 e. The molecule has 8 nitrogen and oxygen atoms in total. The number of carbonyl (C=O) groups is 2. The van der Waals surface area contributed by atoms with Crippen molar-refractivity contribution in [3.05, 3.63) is 71.0 Å². The summed E-state index contributed by atoms with van der Waals surface area (Å²) in [5.74, 6) is -1.07. The number of aromatic nitrogens is 4. The number of tetrazole rings is 1. The van der Waals surface area contributed by atoms with E-state index in [1.165, 1.54) is 11.0 Å². The lowest BCUT2D eigenvalue weighted by Crippen LogP contribution is -2.28. The predicted molar refractivity (Wildman–Crippen MR) is 103 cm³/mol. The highest BCUT2D eigenvalue weighted by atomic mass is 35.5. The van der Waals surface area contributed by atoms with E-state index in [2.05, 4.69) is 20.8 Å². The number of hydrogen-bond donors (Lipinski definition) is 1. The molecule has 28 heavy (non-hydrogen) atoms. The lowest BCUT2D eigenvalue weighted by Gasteiger charge is -2.16. The Balaban J connectivity index is 1.63. The second-order valence-corrected chi connectivity index (χ2v) is 6.47. The van der Waals surface area contributed by atoms with Gasteiger partial charge in [0.1, 0.15) is 6.33 Å². The fourth-order valence-electron chi connectivity index (χ4n) is 2.60. The maximum Gasteiger partial charge on any atom is 0.331 e. The molecule has 0 aliphatic carbocycles. The highest BCUT2D eigenvalue weighted by molar-refractivity contribution is 6.31. The van der Waals surface area contributed by atoms with Crippen molar-refractivity contribution in [2.75, 3.05) is 11.9 Å². The van der Waals surface area contributed by atoms with Crippen LogP contribution in [-0.4, -0.2) is 38.7 Å². The van der Waals surface area contributed by atoms with Crippen LogP contribution in [0.1, 0.15) is 17.2 Å². The molecule has 0 aliphatic heterocycles. The molecule has 0 unspecified atom stereocenters. The molecule has 3 aromatic rings. The number of amides is 1. The third kappa shape index (κ3) is 4.92. The summed E-state index contributed by atoms with van der Waals surface area (Å²) in [4.78, 5) is 24.8. The summed E-state index contributed by atoms with van der Waals surface area (Å²) in [5, 5.41) is 14.1. The van der Waals surface area contributed by atoms with Crippen molar-refractivity contribution >= 4 is 29.2 Å². The molecule has 2 aromatic carbocycles. The molecule has 1 aromatic heterocycles. The van der Waals surface area contributed by atoms with E-state index in [1.54, 1.807) is 25.1 Å². The van der Waals surface area contributed by atoms with Crippen LogP contribution in [0, 0.1) is 6.92 Å². The smallest absolute Gasteiger partial charge is 0.331 e. The lowest BCUT2D eigenvalue weighted by atomic mass is 10.1. The number of anilines is 1. The van der Waals surface area contributed by atoms with E-state index in [1.807, 2.05) is 30.3 Å². The Bertz CT molecular complexity index is 947. The number of hydrogen-bond acceptors (Lipinski definition) is 6. The minimum absolute atomic E-state index is 0.333. The number of rotatable bonds is 7. The zero-order chi connectivity index (χ0) is 19.9. The summed E-state index contributed by atoms with van der Waals surface area (Å²) in [6.45, 7) is 1.36. The average molecular weight is 400 g/mol. The Morgan fingerprint density at radius 2 is 1.96 bits per heavy atom. The van der Waals surface area contributed by atoms with Gasteiger partial charge in [-0.15, -0.1) is 5.10 Å². The van der Waals surface area contributed by atoms with Gasteiger partial charge in [-0.25, -0.2) is 9.48 Å². The van der Waals surface area contributed by atoms with Crippen molar-refractivity contribution in [3.8, 4) is 0 Å². The van der Waals surface area contributed by atoms with Gasteiger partial charge in [0.2, 0.25) is 0 Å². The highest BCUT2D eigenvalue weighted by Gasteiger charge is 2.24. The Kier molecular flexibility index (Phi) is 6.33. The molecule has 1 heterocycles. The number of nitrogens with zero attached hydrogens (tertiary/aromatic N) is 4. The van der Waals surface area contributed by atoms with Crippen LogP contribution in [0.15, 0.2) is 54.9 Å². The summed E-state index contributed by atoms with van der Waals surface area (Å²) in [5.41, 5.74) is 2.22. The van der Waals surface area contributed by atoms with Gasteiger partial charge in [-0.2, -0.15) is 0 Å². The molecule has 1 amide bonds. The van der Waals surface area contributed by atoms with Crippen molar-refractivity contribution in [1.29, 1.82) is 0 Å². The van der Waals surface area contributed by atoms with Crippen LogP contribution in [0.25, 0.3) is 0 Å². The van der Waals surface area contributed by atoms with Crippen LogP contribution < -0.4 is 5.32 Å². The molecule has 0 radical (unpaired) electrons. The third-order valence-corrected chi connectivity index (χ3v) is 4.52. The van der Waals surface area contributed by atoms with E-state index in [9.17, 15) is 9.59 Å². The average Bonchev–Trinajstić information content (AvgIpc) is 3.23. The molecule has 0 fully saturated rings. The normalized spacial score (nSPS) is 11.6. The number of carbonyl (C=O) groups excluding carboxylic acids is 2. The zero-order valence-electron chi connectivity index (χ0n) is 15.1. The number of ether oxygens (including phenoxy) is 1. The first kappa shape index (κ1) is 19.5. The predicted octanol–water partition coefficient (Wildman–Crippen LogP) is 2.60. The largest absolute Gasteiger partial charge is 0.454 e. The molecule has 1 atom stereocenters. The van der Waals surface area contributed by atoms with Crippen LogP contribution in [0.4, 0.5) is 5.69 Å². The topological polar surface area (TPSA) is 99.0 Å². The highest BCUT2D eigenvalue weighted by Crippen LogP contribution is 2.23. The minimum atomic E-state index is -0.780. The summed E-state index contributed by atoms with van der Waals surface area (Å²) in [7, 11) is 0. The van der Waals surface area contributed by atoms with Gasteiger partial charge in [0, 0.05) is 17.1 Å². The van der Waals surface area contributed by atoms with Crippen LogP contribution in [-0.2, 0) is 20.7 Å². The van der Waals surface area contributed by atoms with Crippen molar-refractivity contribution in [3.63, 3.8) is 0 Å². The lowest BCUT2D eigenvalue weighted by molar-refractivity contribution is -0.151. The summed E-state index contributed by atoms with van der Waals surface area (Å²) >= 11 is 6.04. The van der Waals surface area contributed by atoms with Gasteiger partial charge < -0.3 is 10.1 Å². The van der Waals surface area contributed by atoms with Gasteiger partial charge in [0.15, 0.2) is 12.6 Å². The third-order valence-electron chi connectivity index (χ3n) is 4.12. The van der Waals surface area contributed by atoms with Crippen LogP contribution >= 0.6 is 11.6 Å². The Morgan fingerprint density at radius 3 is 2.68 bits per heavy atom. The van der Waals surface area contributed by atoms with E-state index < -0.39 is 24.5 Å². The molecule has 3 rings (SSSR count). The second-order valence-electron chi connectivity index (χ2n) is 6.06. The van der Waals surface area contributed by atoms with E-state index in [0.29, 0.717) is 17.1 Å². The van der Waals surface area contributed by atoms with Crippen LogP contribution in [0.5, 0.6) is 0 Å².